The maximum Gasteiger partial charge on any atom is 0.251 e. The van der Waals surface area contributed by atoms with Crippen molar-refractivity contribution < 1.29 is 9.53 Å². The van der Waals surface area contributed by atoms with Gasteiger partial charge in [-0.25, -0.2) is 0 Å². The lowest BCUT2D eigenvalue weighted by Gasteiger charge is -2.23. The molecular formula is C31H35ClN2O2. The van der Waals surface area contributed by atoms with Crippen LogP contribution in [-0.2, 0) is 19.5 Å². The zero-order valence-corrected chi connectivity index (χ0v) is 21.6. The fraction of sp³-hybridized carbons (Fsp3) is 0.387. The molecule has 5 rings (SSSR count). The van der Waals surface area contributed by atoms with Crippen LogP contribution in [-0.4, -0.2) is 30.5 Å². The van der Waals surface area contributed by atoms with Crippen molar-refractivity contribution in [3.05, 3.63) is 99.6 Å². The van der Waals surface area contributed by atoms with Crippen LogP contribution in [0.2, 0.25) is 5.02 Å². The van der Waals surface area contributed by atoms with Crippen molar-refractivity contribution in [2.75, 3.05) is 19.7 Å². The van der Waals surface area contributed by atoms with E-state index in [1.165, 1.54) is 43.4 Å². The van der Waals surface area contributed by atoms with Gasteiger partial charge in [0.2, 0.25) is 0 Å². The van der Waals surface area contributed by atoms with E-state index in [0.29, 0.717) is 23.7 Å². The van der Waals surface area contributed by atoms with E-state index in [1.807, 2.05) is 42.5 Å². The number of nitrogens with zero attached hydrogens (tertiary/aromatic N) is 1. The van der Waals surface area contributed by atoms with Gasteiger partial charge in [0.25, 0.3) is 5.91 Å². The zero-order valence-electron chi connectivity index (χ0n) is 20.8. The van der Waals surface area contributed by atoms with Crippen LogP contribution in [0, 0.1) is 5.92 Å². The number of nitrogens with one attached hydrogen (secondary N) is 1. The van der Waals surface area contributed by atoms with Crippen molar-refractivity contribution in [3.8, 4) is 5.75 Å². The Labute approximate surface area is 219 Å². The van der Waals surface area contributed by atoms with E-state index in [-0.39, 0.29) is 5.91 Å². The molecular weight excluding hydrogens is 468 g/mol. The van der Waals surface area contributed by atoms with Gasteiger partial charge in [-0.1, -0.05) is 48.0 Å². The van der Waals surface area contributed by atoms with Crippen LogP contribution >= 0.6 is 11.6 Å². The molecule has 1 N–H and O–H groups in total. The third-order valence-corrected chi connectivity index (χ3v) is 7.32. The zero-order chi connectivity index (χ0) is 24.7. The van der Waals surface area contributed by atoms with Gasteiger partial charge in [-0.3, -0.25) is 9.69 Å². The summed E-state index contributed by atoms with van der Waals surface area (Å²) >= 11 is 5.97. The summed E-state index contributed by atoms with van der Waals surface area (Å²) < 4.78 is 6.22. The molecule has 0 radical (unpaired) electrons. The fourth-order valence-corrected chi connectivity index (χ4v) is 5.03. The minimum atomic E-state index is -0.0865. The molecule has 2 aliphatic rings. The highest BCUT2D eigenvalue weighted by molar-refractivity contribution is 6.30. The Morgan fingerprint density at radius 1 is 0.972 bits per heavy atom. The molecule has 0 atom stereocenters. The van der Waals surface area contributed by atoms with Crippen molar-refractivity contribution in [1.82, 2.24) is 10.2 Å². The second kappa shape index (κ2) is 11.9. The highest BCUT2D eigenvalue weighted by Gasteiger charge is 2.24. The van der Waals surface area contributed by atoms with E-state index in [2.05, 4.69) is 34.5 Å². The van der Waals surface area contributed by atoms with Crippen LogP contribution in [0.25, 0.3) is 0 Å². The quantitative estimate of drug-likeness (QED) is 0.425. The molecule has 2 bridgehead atoms. The largest absolute Gasteiger partial charge is 0.493 e. The van der Waals surface area contributed by atoms with E-state index >= 15 is 0 Å². The Kier molecular flexibility index (Phi) is 8.25. The Morgan fingerprint density at radius 2 is 1.81 bits per heavy atom. The van der Waals surface area contributed by atoms with Crippen LogP contribution in [0.3, 0.4) is 0 Å². The Morgan fingerprint density at radius 3 is 2.64 bits per heavy atom. The van der Waals surface area contributed by atoms with Crippen LogP contribution in [0.4, 0.5) is 0 Å². The van der Waals surface area contributed by atoms with Gasteiger partial charge < -0.3 is 10.1 Å². The van der Waals surface area contributed by atoms with Crippen LogP contribution < -0.4 is 10.1 Å². The molecule has 1 aliphatic carbocycles. The molecule has 1 amide bonds. The van der Waals surface area contributed by atoms with Crippen molar-refractivity contribution in [2.45, 2.75) is 51.6 Å². The van der Waals surface area contributed by atoms with E-state index in [4.69, 9.17) is 16.3 Å². The van der Waals surface area contributed by atoms with Gasteiger partial charge in [0.05, 0.1) is 6.61 Å². The predicted octanol–water partition coefficient (Wildman–Crippen LogP) is 6.64. The Hall–Kier alpha value is -2.82. The average Bonchev–Trinajstić information content (AvgIpc) is 3.70. The summed E-state index contributed by atoms with van der Waals surface area (Å²) in [5.74, 6) is 1.69. The smallest absolute Gasteiger partial charge is 0.251 e. The Bertz CT molecular complexity index is 1170. The van der Waals surface area contributed by atoms with Crippen molar-refractivity contribution in [1.29, 1.82) is 0 Å². The molecule has 1 fully saturated rings. The van der Waals surface area contributed by atoms with E-state index < -0.39 is 0 Å². The Balaban J connectivity index is 1.33. The molecule has 3 aromatic carbocycles. The minimum absolute atomic E-state index is 0.0865. The van der Waals surface area contributed by atoms with E-state index in [0.717, 1.165) is 48.7 Å². The summed E-state index contributed by atoms with van der Waals surface area (Å²) in [6.07, 6.45) is 6.93. The van der Waals surface area contributed by atoms with Gasteiger partial charge in [-0.15, -0.1) is 0 Å². The number of halogens is 1. The number of rotatable bonds is 5. The van der Waals surface area contributed by atoms with Crippen molar-refractivity contribution in [2.24, 2.45) is 5.92 Å². The average molecular weight is 503 g/mol. The normalized spacial score (nSPS) is 16.9. The number of benzene rings is 3. The molecule has 5 heteroatoms. The number of ether oxygens (including phenoxy) is 1. The number of fused-ring (bicyclic) bond motifs is 3. The SMILES string of the molecule is O=C(NCc1ccc(Cl)cc1)c1ccc2c(c1)Cc1cccc(c1)CN(CC1CC1)CCCCCO2. The first-order chi connectivity index (χ1) is 17.6. The summed E-state index contributed by atoms with van der Waals surface area (Å²) in [6, 6.07) is 22.3. The summed E-state index contributed by atoms with van der Waals surface area (Å²) in [4.78, 5) is 15.6. The van der Waals surface area contributed by atoms with Gasteiger partial charge in [0.15, 0.2) is 0 Å². The fourth-order valence-electron chi connectivity index (χ4n) is 4.90. The van der Waals surface area contributed by atoms with Crippen LogP contribution in [0.5, 0.6) is 5.75 Å². The van der Waals surface area contributed by atoms with Gasteiger partial charge >= 0.3 is 0 Å². The molecule has 188 valence electrons. The monoisotopic (exact) mass is 502 g/mol. The summed E-state index contributed by atoms with van der Waals surface area (Å²) in [5, 5.41) is 3.72. The number of carbonyl (C=O) groups excluding carboxylic acids is 1. The first-order valence-corrected chi connectivity index (χ1v) is 13.6. The number of carbonyl (C=O) groups is 1. The third kappa shape index (κ3) is 7.11. The molecule has 0 unspecified atom stereocenters. The second-order valence-electron chi connectivity index (χ2n) is 10.2. The van der Waals surface area contributed by atoms with Crippen molar-refractivity contribution >= 4 is 17.5 Å². The first-order valence-electron chi connectivity index (χ1n) is 13.2. The minimum Gasteiger partial charge on any atom is -0.493 e. The van der Waals surface area contributed by atoms with E-state index in [1.54, 1.807) is 0 Å². The maximum absolute atomic E-state index is 13.0. The molecule has 1 heterocycles. The molecule has 1 saturated carbocycles. The lowest BCUT2D eigenvalue weighted by molar-refractivity contribution is 0.0950. The van der Waals surface area contributed by atoms with E-state index in [9.17, 15) is 4.79 Å². The van der Waals surface area contributed by atoms with Crippen LogP contribution in [0.15, 0.2) is 66.7 Å². The molecule has 0 aromatic heterocycles. The molecule has 1 aliphatic heterocycles. The summed E-state index contributed by atoms with van der Waals surface area (Å²) in [6.45, 7) is 4.56. The van der Waals surface area contributed by atoms with Gasteiger partial charge in [0, 0.05) is 36.6 Å². The second-order valence-corrected chi connectivity index (χ2v) is 10.7. The topological polar surface area (TPSA) is 41.6 Å². The highest BCUT2D eigenvalue weighted by atomic mass is 35.5. The third-order valence-electron chi connectivity index (χ3n) is 7.07. The lowest BCUT2D eigenvalue weighted by Crippen LogP contribution is -2.27. The molecule has 36 heavy (non-hydrogen) atoms. The van der Waals surface area contributed by atoms with Crippen molar-refractivity contribution in [3.63, 3.8) is 0 Å². The summed E-state index contributed by atoms with van der Waals surface area (Å²) in [5.41, 5.74) is 5.34. The first kappa shape index (κ1) is 24.9. The standard InChI is InChI=1S/C31H35ClN2O2/c32-29-12-9-23(10-13-29)20-33-31(35)27-11-14-30-28(19-27)18-25-5-4-6-26(17-25)22-34(21-24-7-8-24)15-2-1-3-16-36-30/h4-6,9-14,17,19,24H,1-3,7-8,15-16,18,20-22H2,(H,33,35). The number of hydrogen-bond acceptors (Lipinski definition) is 3. The molecule has 4 nitrogen and oxygen atoms in total. The summed E-state index contributed by atoms with van der Waals surface area (Å²) in [7, 11) is 0. The maximum atomic E-state index is 13.0. The molecule has 3 aromatic rings. The number of hydrogen-bond donors (Lipinski definition) is 1. The van der Waals surface area contributed by atoms with Gasteiger partial charge in [-0.05, 0) is 97.2 Å². The van der Waals surface area contributed by atoms with Gasteiger partial charge in [0.1, 0.15) is 5.75 Å². The molecule has 0 spiro atoms. The predicted molar refractivity (Wildman–Crippen MR) is 146 cm³/mol. The number of amides is 1. The lowest BCUT2D eigenvalue weighted by atomic mass is 9.99. The van der Waals surface area contributed by atoms with Crippen LogP contribution in [0.1, 0.15) is 64.7 Å². The van der Waals surface area contributed by atoms with Gasteiger partial charge in [-0.2, -0.15) is 0 Å². The highest BCUT2D eigenvalue weighted by Crippen LogP contribution is 2.31. The molecule has 0 saturated heterocycles.